The lowest BCUT2D eigenvalue weighted by Crippen LogP contribution is -1.93. The number of hydrogen-bond donors (Lipinski definition) is 0. The molecule has 0 heterocycles. The van der Waals surface area contributed by atoms with Crippen LogP contribution in [-0.2, 0) is 6.42 Å². The number of aldehydes is 2. The van der Waals surface area contributed by atoms with Crippen molar-refractivity contribution < 1.29 is 9.59 Å². The summed E-state index contributed by atoms with van der Waals surface area (Å²) in [5, 5.41) is 0. The highest BCUT2D eigenvalue weighted by Crippen LogP contribution is 2.28. The molecule has 2 heteroatoms. The molecule has 2 nitrogen and oxygen atoms in total. The summed E-state index contributed by atoms with van der Waals surface area (Å²) in [5.74, 6) is 0. The molecule has 0 saturated carbocycles. The standard InChI is InChI=1S/C29H24O2/c1-20-13-25(16-28(14-20)26-9-5-22(18-30)6-10-26)15-24-4-3-21(2)29(17-24)27-11-7-23(19-31)8-12-27/h3-14,16-19H,15H2,1-2H3. The zero-order valence-electron chi connectivity index (χ0n) is 17.8. The largest absolute Gasteiger partial charge is 0.298 e. The van der Waals surface area contributed by atoms with E-state index in [1.165, 1.54) is 27.8 Å². The van der Waals surface area contributed by atoms with Gasteiger partial charge in [-0.25, -0.2) is 0 Å². The summed E-state index contributed by atoms with van der Waals surface area (Å²) in [6.45, 7) is 4.22. The van der Waals surface area contributed by atoms with Crippen LogP contribution in [0.1, 0.15) is 43.0 Å². The van der Waals surface area contributed by atoms with Crippen LogP contribution in [0, 0.1) is 13.8 Å². The molecule has 0 bridgehead atoms. The molecule has 0 aliphatic heterocycles. The van der Waals surface area contributed by atoms with Gasteiger partial charge in [-0.1, -0.05) is 90.5 Å². The Morgan fingerprint density at radius 1 is 0.581 bits per heavy atom. The van der Waals surface area contributed by atoms with Crippen molar-refractivity contribution in [1.29, 1.82) is 0 Å². The quantitative estimate of drug-likeness (QED) is 0.329. The molecular formula is C29H24O2. The van der Waals surface area contributed by atoms with Gasteiger partial charge in [-0.05, 0) is 59.2 Å². The highest BCUT2D eigenvalue weighted by molar-refractivity contribution is 5.78. The van der Waals surface area contributed by atoms with Crippen molar-refractivity contribution >= 4 is 12.6 Å². The van der Waals surface area contributed by atoms with Crippen LogP contribution >= 0.6 is 0 Å². The number of carbonyl (C=O) groups is 2. The number of rotatable bonds is 6. The molecule has 31 heavy (non-hydrogen) atoms. The first-order valence-electron chi connectivity index (χ1n) is 10.4. The lowest BCUT2D eigenvalue weighted by Gasteiger charge is -2.12. The second-order valence-corrected chi connectivity index (χ2v) is 8.01. The molecule has 4 rings (SSSR count). The molecular weight excluding hydrogens is 380 g/mol. The third-order valence-electron chi connectivity index (χ3n) is 5.59. The third-order valence-corrected chi connectivity index (χ3v) is 5.59. The summed E-state index contributed by atoms with van der Waals surface area (Å²) < 4.78 is 0. The summed E-state index contributed by atoms with van der Waals surface area (Å²) in [4.78, 5) is 21.9. The van der Waals surface area contributed by atoms with E-state index >= 15 is 0 Å². The van der Waals surface area contributed by atoms with Crippen LogP contribution in [0.25, 0.3) is 22.3 Å². The van der Waals surface area contributed by atoms with Crippen molar-refractivity contribution in [2.24, 2.45) is 0 Å². The van der Waals surface area contributed by atoms with Crippen LogP contribution in [0.3, 0.4) is 0 Å². The van der Waals surface area contributed by atoms with Gasteiger partial charge in [-0.15, -0.1) is 0 Å². The van der Waals surface area contributed by atoms with Gasteiger partial charge in [-0.2, -0.15) is 0 Å². The van der Waals surface area contributed by atoms with Gasteiger partial charge in [0, 0.05) is 11.1 Å². The van der Waals surface area contributed by atoms with E-state index < -0.39 is 0 Å². The van der Waals surface area contributed by atoms with Crippen molar-refractivity contribution in [3.05, 3.63) is 118 Å². The first-order chi connectivity index (χ1) is 15.1. The molecule has 0 radical (unpaired) electrons. The Labute approximate surface area is 183 Å². The lowest BCUT2D eigenvalue weighted by molar-refractivity contribution is 0.111. The van der Waals surface area contributed by atoms with Crippen molar-refractivity contribution in [2.45, 2.75) is 20.3 Å². The summed E-state index contributed by atoms with van der Waals surface area (Å²) in [7, 11) is 0. The minimum atomic E-state index is 0.685. The summed E-state index contributed by atoms with van der Waals surface area (Å²) in [6.07, 6.45) is 2.57. The molecule has 0 spiro atoms. The maximum atomic E-state index is 11.0. The van der Waals surface area contributed by atoms with Crippen molar-refractivity contribution in [1.82, 2.24) is 0 Å². The Balaban J connectivity index is 1.65. The average molecular weight is 405 g/mol. The number of benzene rings is 4. The summed E-state index contributed by atoms with van der Waals surface area (Å²) in [5.41, 5.74) is 10.9. The Bertz CT molecular complexity index is 1230. The van der Waals surface area contributed by atoms with E-state index in [9.17, 15) is 9.59 Å². The van der Waals surface area contributed by atoms with Crippen LogP contribution in [-0.4, -0.2) is 12.6 Å². The van der Waals surface area contributed by atoms with E-state index in [2.05, 4.69) is 50.2 Å². The van der Waals surface area contributed by atoms with Gasteiger partial charge in [0.05, 0.1) is 0 Å². The second-order valence-electron chi connectivity index (χ2n) is 8.01. The molecule has 0 aromatic heterocycles. The van der Waals surface area contributed by atoms with E-state index in [1.807, 2.05) is 48.5 Å². The van der Waals surface area contributed by atoms with E-state index in [1.54, 1.807) is 0 Å². The fourth-order valence-corrected chi connectivity index (χ4v) is 3.95. The smallest absolute Gasteiger partial charge is 0.150 e. The van der Waals surface area contributed by atoms with E-state index in [0.29, 0.717) is 11.1 Å². The van der Waals surface area contributed by atoms with E-state index in [-0.39, 0.29) is 0 Å². The number of aryl methyl sites for hydroxylation is 2. The molecule has 0 amide bonds. The number of hydrogen-bond acceptors (Lipinski definition) is 2. The first-order valence-corrected chi connectivity index (χ1v) is 10.4. The normalized spacial score (nSPS) is 10.6. The van der Waals surface area contributed by atoms with Gasteiger partial charge in [0.2, 0.25) is 0 Å². The minimum absolute atomic E-state index is 0.685. The van der Waals surface area contributed by atoms with Gasteiger partial charge in [0.1, 0.15) is 12.6 Å². The third kappa shape index (κ3) is 4.70. The maximum absolute atomic E-state index is 11.0. The summed E-state index contributed by atoms with van der Waals surface area (Å²) in [6, 6.07) is 28.6. The minimum Gasteiger partial charge on any atom is -0.298 e. The van der Waals surface area contributed by atoms with Gasteiger partial charge >= 0.3 is 0 Å². The van der Waals surface area contributed by atoms with E-state index in [0.717, 1.165) is 35.7 Å². The fourth-order valence-electron chi connectivity index (χ4n) is 3.95. The molecule has 0 atom stereocenters. The second kappa shape index (κ2) is 8.93. The summed E-state index contributed by atoms with van der Waals surface area (Å²) >= 11 is 0. The molecule has 0 fully saturated rings. The molecule has 0 N–H and O–H groups in total. The number of carbonyl (C=O) groups excluding carboxylic acids is 2. The molecule has 4 aromatic rings. The van der Waals surface area contributed by atoms with Crippen LogP contribution in [0.15, 0.2) is 84.9 Å². The lowest BCUT2D eigenvalue weighted by atomic mass is 9.93. The predicted molar refractivity (Wildman–Crippen MR) is 127 cm³/mol. The van der Waals surface area contributed by atoms with Gasteiger partial charge in [-0.3, -0.25) is 9.59 Å². The molecule has 4 aromatic carbocycles. The molecule has 0 aliphatic carbocycles. The van der Waals surface area contributed by atoms with Gasteiger partial charge < -0.3 is 0 Å². The molecule has 152 valence electrons. The zero-order chi connectivity index (χ0) is 21.8. The molecule has 0 saturated heterocycles. The van der Waals surface area contributed by atoms with Crippen LogP contribution in [0.2, 0.25) is 0 Å². The molecule has 0 unspecified atom stereocenters. The SMILES string of the molecule is Cc1cc(Cc2ccc(C)c(-c3ccc(C=O)cc3)c2)cc(-c2ccc(C=O)cc2)c1. The van der Waals surface area contributed by atoms with Crippen LogP contribution in [0.4, 0.5) is 0 Å². The Morgan fingerprint density at radius 3 is 1.81 bits per heavy atom. The van der Waals surface area contributed by atoms with Crippen molar-refractivity contribution in [2.75, 3.05) is 0 Å². The van der Waals surface area contributed by atoms with Crippen molar-refractivity contribution in [3.63, 3.8) is 0 Å². The maximum Gasteiger partial charge on any atom is 0.150 e. The monoisotopic (exact) mass is 404 g/mol. The highest BCUT2D eigenvalue weighted by atomic mass is 16.1. The van der Waals surface area contributed by atoms with Gasteiger partial charge in [0.25, 0.3) is 0 Å². The Morgan fingerprint density at radius 2 is 1.19 bits per heavy atom. The van der Waals surface area contributed by atoms with Crippen LogP contribution in [0.5, 0.6) is 0 Å². The Hall–Kier alpha value is -3.78. The van der Waals surface area contributed by atoms with Crippen LogP contribution < -0.4 is 0 Å². The topological polar surface area (TPSA) is 34.1 Å². The Kier molecular flexibility index (Phi) is 5.90. The van der Waals surface area contributed by atoms with Gasteiger partial charge in [0.15, 0.2) is 0 Å². The average Bonchev–Trinajstić information content (AvgIpc) is 2.80. The van der Waals surface area contributed by atoms with E-state index in [4.69, 9.17) is 0 Å². The zero-order valence-corrected chi connectivity index (χ0v) is 17.8. The highest BCUT2D eigenvalue weighted by Gasteiger charge is 2.07. The predicted octanol–water partition coefficient (Wildman–Crippen LogP) is 6.85. The fraction of sp³-hybridized carbons (Fsp3) is 0.103. The van der Waals surface area contributed by atoms with Crippen molar-refractivity contribution in [3.8, 4) is 22.3 Å². The molecule has 0 aliphatic rings. The first kappa shape index (κ1) is 20.5.